The highest BCUT2D eigenvalue weighted by Crippen LogP contribution is 2.17. The number of aliphatic hydroxyl groups is 1. The van der Waals surface area contributed by atoms with Crippen LogP contribution in [0.5, 0.6) is 0 Å². The van der Waals surface area contributed by atoms with E-state index < -0.39 is 54.0 Å². The Morgan fingerprint density at radius 3 is 1.68 bits per heavy atom. The Bertz CT molecular complexity index is 996. The lowest BCUT2D eigenvalue weighted by Crippen LogP contribution is -2.60. The van der Waals surface area contributed by atoms with Gasteiger partial charge >= 0.3 is 5.97 Å². The highest BCUT2D eigenvalue weighted by Gasteiger charge is 2.34. The van der Waals surface area contributed by atoms with Crippen molar-refractivity contribution in [3.8, 4) is 0 Å². The summed E-state index contributed by atoms with van der Waals surface area (Å²) >= 11 is 0.967. The van der Waals surface area contributed by atoms with E-state index in [4.69, 9.17) is 10.5 Å². The maximum atomic E-state index is 13.6. The lowest BCUT2D eigenvalue weighted by Gasteiger charge is -2.29. The van der Waals surface area contributed by atoms with Crippen molar-refractivity contribution >= 4 is 40.6 Å². The fraction of sp³-hybridized carbons (Fsp3) is 0.816. The largest absolute Gasteiger partial charge is 0.460 e. The average Bonchev–Trinajstić information content (AvgIpc) is 3.10. The normalized spacial score (nSPS) is 15.4. The van der Waals surface area contributed by atoms with Crippen LogP contribution < -0.4 is 21.7 Å². The summed E-state index contributed by atoms with van der Waals surface area (Å²) in [7, 11) is 0. The monoisotopic (exact) mass is 726 g/mol. The smallest absolute Gasteiger partial charge is 0.329 e. The van der Waals surface area contributed by atoms with Crippen molar-refractivity contribution in [3.63, 3.8) is 0 Å². The molecule has 0 aromatic rings. The van der Waals surface area contributed by atoms with Crippen molar-refractivity contribution in [2.75, 3.05) is 12.4 Å². The predicted molar refractivity (Wildman–Crippen MR) is 203 cm³/mol. The molecule has 0 aliphatic carbocycles. The lowest BCUT2D eigenvalue weighted by atomic mass is 9.97. The van der Waals surface area contributed by atoms with Gasteiger partial charge in [-0.1, -0.05) is 149 Å². The summed E-state index contributed by atoms with van der Waals surface area (Å²) in [6, 6.07) is -4.46. The second-order valence-electron chi connectivity index (χ2n) is 13.7. The number of carbonyl (C=O) groups excluding carboxylic acids is 5. The van der Waals surface area contributed by atoms with Gasteiger partial charge in [0, 0.05) is 12.2 Å². The molecular formula is C38H70N4O7S. The van der Waals surface area contributed by atoms with E-state index in [-0.39, 0.29) is 29.3 Å². The summed E-state index contributed by atoms with van der Waals surface area (Å²) in [4.78, 5) is 65.6. The maximum absolute atomic E-state index is 13.6. The number of carbonyl (C=O) groups is 5. The quantitative estimate of drug-likeness (QED) is 0.0353. The number of esters is 1. The van der Waals surface area contributed by atoms with E-state index in [0.29, 0.717) is 19.3 Å². The molecule has 0 saturated heterocycles. The number of nitrogens with two attached hydrogens (primary N) is 1. The molecule has 0 saturated carbocycles. The molecule has 11 nitrogen and oxygen atoms in total. The van der Waals surface area contributed by atoms with Gasteiger partial charge in [-0.05, 0) is 25.2 Å². The number of amides is 3. The Morgan fingerprint density at radius 2 is 1.20 bits per heavy atom. The highest BCUT2D eigenvalue weighted by atomic mass is 32.2. The SMILES string of the molecule is C=CCOC(=O)[C@@H](NC(=O)[C@H](CSC(=O)CCCCCCCCCCCCCCC)NC(=O)[C@@H](NC(=O)[C@@H](N)[C@@H](C)O)[C@@H](C)CC)[C@@H](C)CC. The minimum atomic E-state index is -1.25. The summed E-state index contributed by atoms with van der Waals surface area (Å²) in [6.07, 6.45) is 17.4. The van der Waals surface area contributed by atoms with Gasteiger partial charge in [0.1, 0.15) is 30.8 Å². The molecular weight excluding hydrogens is 657 g/mol. The van der Waals surface area contributed by atoms with Crippen LogP contribution in [0.15, 0.2) is 12.7 Å². The highest BCUT2D eigenvalue weighted by molar-refractivity contribution is 8.13. The van der Waals surface area contributed by atoms with Crippen LogP contribution in [0.25, 0.3) is 0 Å². The van der Waals surface area contributed by atoms with Crippen molar-refractivity contribution in [1.29, 1.82) is 0 Å². The molecule has 0 aliphatic rings. The van der Waals surface area contributed by atoms with Crippen LogP contribution in [0.2, 0.25) is 0 Å². The Hall–Kier alpha value is -2.44. The van der Waals surface area contributed by atoms with E-state index in [1.165, 1.54) is 70.8 Å². The van der Waals surface area contributed by atoms with Gasteiger partial charge in [-0.15, -0.1) is 0 Å². The van der Waals surface area contributed by atoms with Crippen LogP contribution in [0, 0.1) is 11.8 Å². The number of rotatable bonds is 30. The zero-order chi connectivity index (χ0) is 37.9. The lowest BCUT2D eigenvalue weighted by molar-refractivity contribution is -0.148. The van der Waals surface area contributed by atoms with Crippen LogP contribution in [0.1, 0.15) is 144 Å². The fourth-order valence-corrected chi connectivity index (χ4v) is 6.18. The zero-order valence-electron chi connectivity index (χ0n) is 31.9. The third-order valence-electron chi connectivity index (χ3n) is 9.25. The molecule has 0 aromatic heterocycles. The minimum Gasteiger partial charge on any atom is -0.460 e. The van der Waals surface area contributed by atoms with Crippen LogP contribution in [0.4, 0.5) is 0 Å². The topological polar surface area (TPSA) is 177 Å². The van der Waals surface area contributed by atoms with E-state index in [2.05, 4.69) is 29.5 Å². The first-order valence-corrected chi connectivity index (χ1v) is 20.1. The molecule has 0 bridgehead atoms. The molecule has 0 aromatic carbocycles. The number of hydrogen-bond donors (Lipinski definition) is 5. The van der Waals surface area contributed by atoms with Crippen molar-refractivity contribution in [3.05, 3.63) is 12.7 Å². The summed E-state index contributed by atoms with van der Waals surface area (Å²) in [6.45, 7) is 14.5. The number of ether oxygens (including phenoxy) is 1. The molecule has 290 valence electrons. The molecule has 0 unspecified atom stereocenters. The molecule has 0 aliphatic heterocycles. The first kappa shape index (κ1) is 47.6. The van der Waals surface area contributed by atoms with E-state index in [0.717, 1.165) is 37.4 Å². The van der Waals surface area contributed by atoms with E-state index in [9.17, 15) is 29.1 Å². The van der Waals surface area contributed by atoms with Crippen LogP contribution in [-0.2, 0) is 28.7 Å². The van der Waals surface area contributed by atoms with Crippen molar-refractivity contribution in [2.24, 2.45) is 17.6 Å². The maximum Gasteiger partial charge on any atom is 0.329 e. The number of thioether (sulfide) groups is 1. The molecule has 6 N–H and O–H groups in total. The Labute approximate surface area is 306 Å². The van der Waals surface area contributed by atoms with E-state index in [1.54, 1.807) is 6.92 Å². The second kappa shape index (κ2) is 29.2. The number of hydrogen-bond acceptors (Lipinski definition) is 9. The molecule has 7 atom stereocenters. The Kier molecular flexibility index (Phi) is 27.7. The van der Waals surface area contributed by atoms with Gasteiger partial charge in [-0.25, -0.2) is 4.79 Å². The van der Waals surface area contributed by atoms with Crippen molar-refractivity contribution in [2.45, 2.75) is 175 Å². The average molecular weight is 727 g/mol. The number of aliphatic hydroxyl groups excluding tert-OH is 1. The van der Waals surface area contributed by atoms with Crippen molar-refractivity contribution in [1.82, 2.24) is 16.0 Å². The predicted octanol–water partition coefficient (Wildman–Crippen LogP) is 5.71. The van der Waals surface area contributed by atoms with E-state index in [1.807, 2.05) is 20.8 Å². The molecule has 0 rings (SSSR count). The zero-order valence-corrected chi connectivity index (χ0v) is 32.8. The summed E-state index contributed by atoms with van der Waals surface area (Å²) in [5, 5.41) is 17.7. The number of unbranched alkanes of at least 4 members (excludes halogenated alkanes) is 12. The molecule has 0 spiro atoms. The van der Waals surface area contributed by atoms with Gasteiger partial charge in [0.05, 0.1) is 6.10 Å². The second-order valence-corrected chi connectivity index (χ2v) is 14.7. The Balaban J connectivity index is 5.38. The molecule has 0 fully saturated rings. The summed E-state index contributed by atoms with van der Waals surface area (Å²) in [5.41, 5.74) is 5.80. The molecule has 0 heterocycles. The van der Waals surface area contributed by atoms with Gasteiger partial charge in [0.25, 0.3) is 0 Å². The standard InChI is InChI=1S/C38H70N4O7S/c1-8-12-13-14-15-16-17-18-19-20-21-22-23-24-31(44)50-26-30(35(45)42-34(28(6)11-4)38(48)49-25-9-2)40-37(47)33(27(5)10-3)41-36(46)32(39)29(7)43/h9,27-30,32-34,43H,2,8,10-26,39H2,1,3-7H3,(H,40,47)(H,41,46)(H,42,45)/t27-,28-,29+,30-,32-,33-,34-/m0/s1. The van der Waals surface area contributed by atoms with Crippen molar-refractivity contribution < 1.29 is 33.8 Å². The summed E-state index contributed by atoms with van der Waals surface area (Å²) < 4.78 is 5.22. The first-order chi connectivity index (χ1) is 23.8. The molecule has 3 amide bonds. The third kappa shape index (κ3) is 21.0. The molecule has 12 heteroatoms. The van der Waals surface area contributed by atoms with Crippen LogP contribution in [0.3, 0.4) is 0 Å². The van der Waals surface area contributed by atoms with Gasteiger partial charge in [0.2, 0.25) is 17.7 Å². The van der Waals surface area contributed by atoms with Gasteiger partial charge in [-0.3, -0.25) is 19.2 Å². The minimum absolute atomic E-state index is 0.0176. The molecule has 0 radical (unpaired) electrons. The van der Waals surface area contributed by atoms with Gasteiger partial charge < -0.3 is 31.5 Å². The fourth-order valence-electron chi connectivity index (χ4n) is 5.30. The number of nitrogens with one attached hydrogen (secondary N) is 3. The summed E-state index contributed by atoms with van der Waals surface area (Å²) in [5.74, 6) is -3.27. The van der Waals surface area contributed by atoms with Crippen LogP contribution in [-0.4, -0.2) is 76.5 Å². The van der Waals surface area contributed by atoms with Crippen LogP contribution >= 0.6 is 11.8 Å². The van der Waals surface area contributed by atoms with Gasteiger partial charge in [-0.2, -0.15) is 0 Å². The Morgan fingerprint density at radius 1 is 0.720 bits per heavy atom. The van der Waals surface area contributed by atoms with E-state index >= 15 is 0 Å². The molecule has 50 heavy (non-hydrogen) atoms. The first-order valence-electron chi connectivity index (χ1n) is 19.1. The van der Waals surface area contributed by atoms with Gasteiger partial charge in [0.15, 0.2) is 5.12 Å². The third-order valence-corrected chi connectivity index (χ3v) is 10.3.